The predicted molar refractivity (Wildman–Crippen MR) is 94.5 cm³/mol. The van der Waals surface area contributed by atoms with Crippen LogP contribution in [0.25, 0.3) is 0 Å². The molecule has 2 N–H and O–H groups in total. The van der Waals surface area contributed by atoms with Crippen LogP contribution in [0.5, 0.6) is 0 Å². The maximum Gasteiger partial charge on any atom is 0.263 e. The Morgan fingerprint density at radius 2 is 2.00 bits per heavy atom. The summed E-state index contributed by atoms with van der Waals surface area (Å²) in [5, 5.41) is 3.01. The number of benzene rings is 1. The number of rotatable bonds is 5. The molecule has 0 atom stereocenters. The Hall–Kier alpha value is -0.410. The number of hydrogen-bond acceptors (Lipinski definition) is 4. The van der Waals surface area contributed by atoms with Crippen molar-refractivity contribution in [3.05, 3.63) is 43.0 Å². The van der Waals surface area contributed by atoms with Gasteiger partial charge in [0.1, 0.15) is 4.90 Å². The highest BCUT2D eigenvalue weighted by Crippen LogP contribution is 2.33. The molecular weight excluding hydrogens is 440 g/mol. The van der Waals surface area contributed by atoms with Crippen LogP contribution in [0.1, 0.15) is 10.4 Å². The van der Waals surface area contributed by atoms with E-state index in [9.17, 15) is 8.42 Å². The Labute approximate surface area is 145 Å². The van der Waals surface area contributed by atoms with E-state index in [1.54, 1.807) is 18.2 Å². The van der Waals surface area contributed by atoms with E-state index in [0.717, 1.165) is 14.9 Å². The predicted octanol–water partition coefficient (Wildman–Crippen LogP) is 4.10. The summed E-state index contributed by atoms with van der Waals surface area (Å²) >= 11 is 8.14. The minimum absolute atomic E-state index is 0.261. The second kappa shape index (κ2) is 6.78. The number of sulfonamides is 1. The van der Waals surface area contributed by atoms with Gasteiger partial charge in [-0.3, -0.25) is 4.72 Å². The minimum Gasteiger partial charge on any atom is -0.315 e. The number of halogens is 2. The Bertz CT molecular complexity index is 758. The molecule has 1 aromatic heterocycles. The molecule has 0 saturated heterocycles. The zero-order valence-electron chi connectivity index (χ0n) is 11.4. The lowest BCUT2D eigenvalue weighted by molar-refractivity contribution is 0.601. The van der Waals surface area contributed by atoms with Crippen LogP contribution >= 0.6 is 43.2 Å². The van der Waals surface area contributed by atoms with Gasteiger partial charge in [-0.2, -0.15) is 0 Å². The van der Waals surface area contributed by atoms with Gasteiger partial charge >= 0.3 is 0 Å². The fourth-order valence-corrected chi connectivity index (χ4v) is 5.94. The average molecular weight is 454 g/mol. The highest BCUT2D eigenvalue weighted by atomic mass is 79.9. The molecule has 114 valence electrons. The van der Waals surface area contributed by atoms with Crippen LogP contribution in [-0.2, 0) is 16.6 Å². The third-order valence-electron chi connectivity index (χ3n) is 2.86. The summed E-state index contributed by atoms with van der Waals surface area (Å²) in [6.07, 6.45) is 0. The molecular formula is C13H14Br2N2O2S2. The van der Waals surface area contributed by atoms with Gasteiger partial charge in [-0.25, -0.2) is 8.42 Å². The lowest BCUT2D eigenvalue weighted by atomic mass is 10.2. The molecule has 4 nitrogen and oxygen atoms in total. The van der Waals surface area contributed by atoms with E-state index >= 15 is 0 Å². The Balaban J connectivity index is 2.36. The van der Waals surface area contributed by atoms with Gasteiger partial charge in [0.25, 0.3) is 10.0 Å². The molecule has 0 amide bonds. The van der Waals surface area contributed by atoms with Gasteiger partial charge in [0, 0.05) is 15.9 Å². The van der Waals surface area contributed by atoms with Gasteiger partial charge in [0.2, 0.25) is 0 Å². The van der Waals surface area contributed by atoms with Crippen molar-refractivity contribution in [3.8, 4) is 0 Å². The zero-order chi connectivity index (χ0) is 15.6. The van der Waals surface area contributed by atoms with E-state index in [0.29, 0.717) is 16.0 Å². The van der Waals surface area contributed by atoms with Gasteiger partial charge in [-0.1, -0.05) is 22.0 Å². The molecule has 0 fully saturated rings. The van der Waals surface area contributed by atoms with Crippen LogP contribution in [0.4, 0.5) is 5.69 Å². The van der Waals surface area contributed by atoms with Crippen LogP contribution in [-0.4, -0.2) is 15.5 Å². The summed E-state index contributed by atoms with van der Waals surface area (Å²) in [6.45, 7) is 2.49. The van der Waals surface area contributed by atoms with Crippen molar-refractivity contribution in [1.82, 2.24) is 5.32 Å². The van der Waals surface area contributed by atoms with E-state index in [-0.39, 0.29) is 4.90 Å². The first kappa shape index (κ1) is 17.0. The van der Waals surface area contributed by atoms with Crippen molar-refractivity contribution in [2.75, 3.05) is 11.8 Å². The maximum atomic E-state index is 12.5. The number of nitrogens with one attached hydrogen (secondary N) is 2. The summed E-state index contributed by atoms with van der Waals surface area (Å²) in [7, 11) is -1.79. The first-order valence-corrected chi connectivity index (χ1v) is 9.94. The molecule has 21 heavy (non-hydrogen) atoms. The molecule has 0 aliphatic heterocycles. The van der Waals surface area contributed by atoms with E-state index < -0.39 is 10.0 Å². The van der Waals surface area contributed by atoms with E-state index in [1.807, 2.05) is 20.0 Å². The van der Waals surface area contributed by atoms with Crippen molar-refractivity contribution >= 4 is 58.9 Å². The average Bonchev–Trinajstić information content (AvgIpc) is 2.77. The molecule has 0 aliphatic rings. The highest BCUT2D eigenvalue weighted by molar-refractivity contribution is 9.11. The first-order valence-electron chi connectivity index (χ1n) is 6.06. The maximum absolute atomic E-state index is 12.5. The standard InChI is InChI=1S/C13H14Br2N2O2S2/c1-8-10(14)4-3-5-11(8)17-21(18,19)12-6-9(7-16-2)20-13(12)15/h3-6,16-17H,7H2,1-2H3. The van der Waals surface area contributed by atoms with E-state index in [1.165, 1.54) is 11.3 Å². The van der Waals surface area contributed by atoms with Crippen LogP contribution in [0, 0.1) is 6.92 Å². The normalized spacial score (nSPS) is 11.6. The molecule has 0 bridgehead atoms. The molecule has 2 aromatic rings. The molecule has 1 heterocycles. The van der Waals surface area contributed by atoms with Crippen LogP contribution in [0.3, 0.4) is 0 Å². The monoisotopic (exact) mass is 452 g/mol. The lowest BCUT2D eigenvalue weighted by Crippen LogP contribution is -2.13. The topological polar surface area (TPSA) is 58.2 Å². The van der Waals surface area contributed by atoms with Crippen molar-refractivity contribution in [2.24, 2.45) is 0 Å². The number of hydrogen-bond donors (Lipinski definition) is 2. The molecule has 2 rings (SSSR count). The summed E-state index contributed by atoms with van der Waals surface area (Å²) in [5.41, 5.74) is 1.42. The van der Waals surface area contributed by atoms with Crippen LogP contribution in [0.2, 0.25) is 0 Å². The molecule has 0 unspecified atom stereocenters. The van der Waals surface area contributed by atoms with Crippen LogP contribution < -0.4 is 10.0 Å². The second-order valence-electron chi connectivity index (χ2n) is 4.40. The van der Waals surface area contributed by atoms with Gasteiger partial charge in [-0.15, -0.1) is 11.3 Å². The highest BCUT2D eigenvalue weighted by Gasteiger charge is 2.21. The fourth-order valence-electron chi connectivity index (χ4n) is 1.76. The Kier molecular flexibility index (Phi) is 5.48. The SMILES string of the molecule is CNCc1cc(S(=O)(=O)Nc2cccc(Br)c2C)c(Br)s1. The Morgan fingerprint density at radius 3 is 2.67 bits per heavy atom. The Morgan fingerprint density at radius 1 is 1.29 bits per heavy atom. The van der Waals surface area contributed by atoms with E-state index in [2.05, 4.69) is 41.9 Å². The smallest absolute Gasteiger partial charge is 0.263 e. The van der Waals surface area contributed by atoms with Crippen molar-refractivity contribution in [2.45, 2.75) is 18.4 Å². The molecule has 8 heteroatoms. The fraction of sp³-hybridized carbons (Fsp3) is 0.231. The summed E-state index contributed by atoms with van der Waals surface area (Å²) in [6, 6.07) is 7.09. The summed E-state index contributed by atoms with van der Waals surface area (Å²) in [4.78, 5) is 1.22. The minimum atomic E-state index is -3.62. The second-order valence-corrected chi connectivity index (χ2v) is 9.36. The summed E-state index contributed by atoms with van der Waals surface area (Å²) < 4.78 is 29.2. The number of thiophene rings is 1. The van der Waals surface area contributed by atoms with Gasteiger partial charge in [0.15, 0.2) is 0 Å². The molecule has 0 spiro atoms. The molecule has 1 aromatic carbocycles. The van der Waals surface area contributed by atoms with Crippen LogP contribution in [0.15, 0.2) is 37.4 Å². The third-order valence-corrected chi connectivity index (χ3v) is 7.34. The molecule has 0 aliphatic carbocycles. The quantitative estimate of drug-likeness (QED) is 0.716. The lowest BCUT2D eigenvalue weighted by Gasteiger charge is -2.11. The molecule has 0 radical (unpaired) electrons. The van der Waals surface area contributed by atoms with Gasteiger partial charge in [0.05, 0.1) is 9.47 Å². The largest absolute Gasteiger partial charge is 0.315 e. The van der Waals surface area contributed by atoms with Crippen molar-refractivity contribution in [1.29, 1.82) is 0 Å². The van der Waals surface area contributed by atoms with Crippen molar-refractivity contribution < 1.29 is 8.42 Å². The zero-order valence-corrected chi connectivity index (χ0v) is 16.2. The third kappa shape index (κ3) is 3.87. The van der Waals surface area contributed by atoms with E-state index in [4.69, 9.17) is 0 Å². The molecule has 0 saturated carbocycles. The number of anilines is 1. The summed E-state index contributed by atoms with van der Waals surface area (Å²) in [5.74, 6) is 0. The van der Waals surface area contributed by atoms with Gasteiger partial charge in [-0.05, 0) is 53.7 Å². The first-order chi connectivity index (χ1) is 9.85. The van der Waals surface area contributed by atoms with Gasteiger partial charge < -0.3 is 5.32 Å². The van der Waals surface area contributed by atoms with Crippen molar-refractivity contribution in [3.63, 3.8) is 0 Å².